The second-order valence-corrected chi connectivity index (χ2v) is 5.42. The highest BCUT2D eigenvalue weighted by Crippen LogP contribution is 2.24. The molecule has 0 radical (unpaired) electrons. The Kier molecular flexibility index (Phi) is 3.47. The Hall–Kier alpha value is -2.20. The largest absolute Gasteiger partial charge is 0.389 e. The Balaban J connectivity index is 1.86. The number of rotatable bonds is 2. The molecule has 1 aliphatic rings. The number of β-amino-alcohol motifs (C(OH)–C–C–N with tert-alkyl or cyclic N) is 1. The summed E-state index contributed by atoms with van der Waals surface area (Å²) < 4.78 is 14.2. The number of aryl methyl sites for hydroxylation is 1. The number of likely N-dealkylation sites (tertiary alicyclic amines) is 1. The summed E-state index contributed by atoms with van der Waals surface area (Å²) in [4.78, 5) is 13.5. The van der Waals surface area contributed by atoms with Gasteiger partial charge in [0, 0.05) is 13.1 Å². The zero-order valence-corrected chi connectivity index (χ0v) is 11.7. The predicted octanol–water partition coefficient (Wildman–Crippen LogP) is 2.62. The van der Waals surface area contributed by atoms with Gasteiger partial charge in [-0.15, -0.1) is 0 Å². The Bertz CT molecular complexity index is 676. The van der Waals surface area contributed by atoms with Gasteiger partial charge in [0.05, 0.1) is 11.7 Å². The van der Waals surface area contributed by atoms with Gasteiger partial charge in [-0.1, -0.05) is 35.9 Å². The van der Waals surface area contributed by atoms with E-state index >= 15 is 0 Å². The highest BCUT2D eigenvalue weighted by Gasteiger charge is 2.30. The fourth-order valence-corrected chi connectivity index (χ4v) is 2.41. The predicted molar refractivity (Wildman–Crippen MR) is 78.5 cm³/mol. The van der Waals surface area contributed by atoms with E-state index in [-0.39, 0.29) is 24.6 Å². The van der Waals surface area contributed by atoms with Crippen LogP contribution in [0.5, 0.6) is 0 Å². The van der Waals surface area contributed by atoms with Crippen LogP contribution in [0.15, 0.2) is 42.5 Å². The Morgan fingerprint density at radius 1 is 1.14 bits per heavy atom. The van der Waals surface area contributed by atoms with Crippen molar-refractivity contribution >= 4 is 5.91 Å². The SMILES string of the molecule is Cc1ccc(-c2ccc(C(=O)N3CC(O)C3)c(F)c2)cc1. The first-order valence-corrected chi connectivity index (χ1v) is 6.88. The van der Waals surface area contributed by atoms with Gasteiger partial charge in [0.15, 0.2) is 0 Å². The van der Waals surface area contributed by atoms with E-state index in [1.54, 1.807) is 6.07 Å². The van der Waals surface area contributed by atoms with E-state index < -0.39 is 11.9 Å². The Morgan fingerprint density at radius 3 is 2.33 bits per heavy atom. The van der Waals surface area contributed by atoms with Crippen molar-refractivity contribution in [1.82, 2.24) is 4.90 Å². The van der Waals surface area contributed by atoms with Gasteiger partial charge < -0.3 is 10.0 Å². The van der Waals surface area contributed by atoms with Crippen molar-refractivity contribution in [3.63, 3.8) is 0 Å². The molecule has 0 atom stereocenters. The maximum Gasteiger partial charge on any atom is 0.257 e. The molecule has 2 aromatic rings. The lowest BCUT2D eigenvalue weighted by molar-refractivity contribution is 0.00559. The normalized spacial score (nSPS) is 14.9. The first-order chi connectivity index (χ1) is 10.0. The number of amides is 1. The van der Waals surface area contributed by atoms with Crippen LogP contribution in [0.1, 0.15) is 15.9 Å². The van der Waals surface area contributed by atoms with Crippen LogP contribution in [-0.4, -0.2) is 35.1 Å². The number of hydrogen-bond acceptors (Lipinski definition) is 2. The van der Waals surface area contributed by atoms with Gasteiger partial charge in [-0.05, 0) is 30.2 Å². The molecule has 21 heavy (non-hydrogen) atoms. The van der Waals surface area contributed by atoms with Crippen molar-refractivity contribution in [3.8, 4) is 11.1 Å². The standard InChI is InChI=1S/C17H16FNO2/c1-11-2-4-12(5-3-11)13-6-7-15(16(18)8-13)17(21)19-9-14(20)10-19/h2-8,14,20H,9-10H2,1H3. The van der Waals surface area contributed by atoms with Gasteiger partial charge in [-0.2, -0.15) is 0 Å². The fraction of sp³-hybridized carbons (Fsp3) is 0.235. The number of carbonyl (C=O) groups is 1. The molecular formula is C17H16FNO2. The minimum atomic E-state index is -0.528. The summed E-state index contributed by atoms with van der Waals surface area (Å²) in [5, 5.41) is 9.21. The van der Waals surface area contributed by atoms with Crippen LogP contribution in [0.25, 0.3) is 11.1 Å². The molecule has 1 amide bonds. The molecule has 0 aliphatic carbocycles. The van der Waals surface area contributed by atoms with Gasteiger partial charge >= 0.3 is 0 Å². The number of hydrogen-bond donors (Lipinski definition) is 1. The summed E-state index contributed by atoms with van der Waals surface area (Å²) in [6, 6.07) is 12.4. The molecule has 3 nitrogen and oxygen atoms in total. The quantitative estimate of drug-likeness (QED) is 0.921. The molecule has 4 heteroatoms. The molecule has 108 valence electrons. The summed E-state index contributed by atoms with van der Waals surface area (Å²) in [6.07, 6.45) is -0.483. The van der Waals surface area contributed by atoms with E-state index in [1.807, 2.05) is 31.2 Å². The number of halogens is 1. The van der Waals surface area contributed by atoms with Crippen LogP contribution in [0.2, 0.25) is 0 Å². The van der Waals surface area contributed by atoms with E-state index in [0.29, 0.717) is 0 Å². The third-order valence-electron chi connectivity index (χ3n) is 3.73. The van der Waals surface area contributed by atoms with E-state index in [9.17, 15) is 14.3 Å². The van der Waals surface area contributed by atoms with Crippen molar-refractivity contribution < 1.29 is 14.3 Å². The third-order valence-corrected chi connectivity index (χ3v) is 3.73. The molecule has 0 spiro atoms. The number of aliphatic hydroxyl groups is 1. The maximum absolute atomic E-state index is 14.2. The van der Waals surface area contributed by atoms with Crippen LogP contribution in [0.4, 0.5) is 4.39 Å². The van der Waals surface area contributed by atoms with Crippen LogP contribution < -0.4 is 0 Å². The third kappa shape index (κ3) is 2.67. The van der Waals surface area contributed by atoms with Gasteiger partial charge in [0.1, 0.15) is 5.82 Å². The molecular weight excluding hydrogens is 269 g/mol. The molecule has 1 aliphatic heterocycles. The lowest BCUT2D eigenvalue weighted by Crippen LogP contribution is -2.53. The van der Waals surface area contributed by atoms with E-state index in [0.717, 1.165) is 16.7 Å². The summed E-state index contributed by atoms with van der Waals surface area (Å²) in [7, 11) is 0. The zero-order chi connectivity index (χ0) is 15.0. The van der Waals surface area contributed by atoms with E-state index in [4.69, 9.17) is 0 Å². The smallest absolute Gasteiger partial charge is 0.257 e. The average Bonchev–Trinajstić information content (AvgIpc) is 2.44. The van der Waals surface area contributed by atoms with Gasteiger partial charge in [0.25, 0.3) is 5.91 Å². The lowest BCUT2D eigenvalue weighted by Gasteiger charge is -2.35. The Morgan fingerprint density at radius 2 is 1.76 bits per heavy atom. The molecule has 3 rings (SSSR count). The van der Waals surface area contributed by atoms with Crippen LogP contribution >= 0.6 is 0 Å². The Labute approximate surface area is 122 Å². The van der Waals surface area contributed by atoms with Crippen LogP contribution in [0.3, 0.4) is 0 Å². The van der Waals surface area contributed by atoms with Crippen molar-refractivity contribution in [1.29, 1.82) is 0 Å². The lowest BCUT2D eigenvalue weighted by atomic mass is 10.0. The molecule has 0 saturated carbocycles. The number of benzene rings is 2. The van der Waals surface area contributed by atoms with Crippen molar-refractivity contribution in [2.45, 2.75) is 13.0 Å². The monoisotopic (exact) mass is 285 g/mol. The fourth-order valence-electron chi connectivity index (χ4n) is 2.41. The average molecular weight is 285 g/mol. The van der Waals surface area contributed by atoms with Gasteiger partial charge in [-0.25, -0.2) is 4.39 Å². The second kappa shape index (κ2) is 5.30. The minimum Gasteiger partial charge on any atom is -0.389 e. The highest BCUT2D eigenvalue weighted by molar-refractivity contribution is 5.95. The topological polar surface area (TPSA) is 40.5 Å². The highest BCUT2D eigenvalue weighted by atomic mass is 19.1. The molecule has 0 aromatic heterocycles. The first-order valence-electron chi connectivity index (χ1n) is 6.88. The summed E-state index contributed by atoms with van der Waals surface area (Å²) in [5.74, 6) is -0.896. The number of aliphatic hydroxyl groups excluding tert-OH is 1. The van der Waals surface area contributed by atoms with Crippen molar-refractivity contribution in [2.75, 3.05) is 13.1 Å². The van der Waals surface area contributed by atoms with Crippen LogP contribution in [-0.2, 0) is 0 Å². The molecule has 1 fully saturated rings. The minimum absolute atomic E-state index is 0.0535. The number of carbonyl (C=O) groups excluding carboxylic acids is 1. The second-order valence-electron chi connectivity index (χ2n) is 5.42. The summed E-state index contributed by atoms with van der Waals surface area (Å²) >= 11 is 0. The van der Waals surface area contributed by atoms with E-state index in [2.05, 4.69) is 0 Å². The maximum atomic E-state index is 14.2. The molecule has 1 N–H and O–H groups in total. The van der Waals surface area contributed by atoms with E-state index in [1.165, 1.54) is 17.0 Å². The zero-order valence-electron chi connectivity index (χ0n) is 11.7. The van der Waals surface area contributed by atoms with Gasteiger partial charge in [0.2, 0.25) is 0 Å². The van der Waals surface area contributed by atoms with Crippen molar-refractivity contribution in [2.24, 2.45) is 0 Å². The first kappa shape index (κ1) is 13.8. The molecule has 1 heterocycles. The summed E-state index contributed by atoms with van der Waals surface area (Å²) in [5.41, 5.74) is 2.85. The van der Waals surface area contributed by atoms with Crippen LogP contribution in [0, 0.1) is 12.7 Å². The summed E-state index contributed by atoms with van der Waals surface area (Å²) in [6.45, 7) is 2.55. The molecule has 1 saturated heterocycles. The van der Waals surface area contributed by atoms with Gasteiger partial charge in [-0.3, -0.25) is 4.79 Å². The molecule has 0 unspecified atom stereocenters. The molecule has 2 aromatic carbocycles. The number of nitrogens with zero attached hydrogens (tertiary/aromatic N) is 1. The molecule has 0 bridgehead atoms. The van der Waals surface area contributed by atoms with Crippen molar-refractivity contribution in [3.05, 3.63) is 59.4 Å².